The highest BCUT2D eigenvalue weighted by Crippen LogP contribution is 2.28. The number of aromatic carboxylic acids is 1. The number of carbonyl (C=O) groups is 1. The first kappa shape index (κ1) is 12.9. The number of aromatic nitrogens is 1. The van der Waals surface area contributed by atoms with Gasteiger partial charge in [0, 0.05) is 25.2 Å². The number of carboxylic acid groups (broad SMARTS) is 1. The summed E-state index contributed by atoms with van der Waals surface area (Å²) in [6, 6.07) is 5.96. The van der Waals surface area contributed by atoms with Gasteiger partial charge in [-0.1, -0.05) is 6.07 Å². The molecule has 2 unspecified atom stereocenters. The molecular formula is C14H17N3O3. The summed E-state index contributed by atoms with van der Waals surface area (Å²) in [6.07, 6.45) is 0. The smallest absolute Gasteiger partial charge is 0.338 e. The third kappa shape index (κ3) is 2.02. The van der Waals surface area contributed by atoms with Crippen LogP contribution >= 0.6 is 0 Å². The summed E-state index contributed by atoms with van der Waals surface area (Å²) in [5, 5.41) is 12.5. The molecule has 2 atom stereocenters. The second-order valence-electron chi connectivity index (χ2n) is 5.22. The van der Waals surface area contributed by atoms with E-state index in [2.05, 4.69) is 29.0 Å². The van der Waals surface area contributed by atoms with Gasteiger partial charge >= 0.3 is 5.97 Å². The van der Waals surface area contributed by atoms with Gasteiger partial charge in [0.25, 0.3) is 6.01 Å². The summed E-state index contributed by atoms with van der Waals surface area (Å²) < 4.78 is 5.76. The van der Waals surface area contributed by atoms with Crippen LogP contribution in [0.3, 0.4) is 0 Å². The largest absolute Gasteiger partial charge is 0.478 e. The van der Waals surface area contributed by atoms with E-state index in [9.17, 15) is 9.90 Å². The number of fused-ring (bicyclic) bond motifs is 1. The molecule has 1 aromatic carbocycles. The lowest BCUT2D eigenvalue weighted by atomic mass is 10.1. The monoisotopic (exact) mass is 275 g/mol. The topological polar surface area (TPSA) is 78.6 Å². The van der Waals surface area contributed by atoms with Crippen LogP contribution in [0.2, 0.25) is 0 Å². The van der Waals surface area contributed by atoms with Crippen molar-refractivity contribution in [2.45, 2.75) is 25.9 Å². The molecule has 1 aromatic heterocycles. The Labute approximate surface area is 116 Å². The van der Waals surface area contributed by atoms with Crippen molar-refractivity contribution in [3.63, 3.8) is 0 Å². The Morgan fingerprint density at radius 2 is 2.10 bits per heavy atom. The molecule has 0 spiro atoms. The number of rotatable bonds is 2. The maximum atomic E-state index is 11.2. The predicted molar refractivity (Wildman–Crippen MR) is 75.2 cm³/mol. The maximum absolute atomic E-state index is 11.2. The Kier molecular flexibility index (Phi) is 3.10. The number of nitrogens with one attached hydrogen (secondary N) is 1. The second kappa shape index (κ2) is 4.79. The van der Waals surface area contributed by atoms with E-state index in [1.165, 1.54) is 0 Å². The van der Waals surface area contributed by atoms with Crippen molar-refractivity contribution < 1.29 is 14.3 Å². The van der Waals surface area contributed by atoms with Crippen molar-refractivity contribution in [2.75, 3.05) is 18.0 Å². The number of anilines is 1. The van der Waals surface area contributed by atoms with Gasteiger partial charge in [-0.15, -0.1) is 0 Å². The van der Waals surface area contributed by atoms with E-state index >= 15 is 0 Å². The zero-order valence-corrected chi connectivity index (χ0v) is 11.5. The Bertz CT molecular complexity index is 642. The first-order valence-electron chi connectivity index (χ1n) is 6.70. The number of nitrogens with zero attached hydrogens (tertiary/aromatic N) is 2. The molecule has 6 nitrogen and oxygen atoms in total. The van der Waals surface area contributed by atoms with Crippen LogP contribution in [0, 0.1) is 0 Å². The van der Waals surface area contributed by atoms with E-state index in [1.807, 2.05) is 0 Å². The quantitative estimate of drug-likeness (QED) is 0.868. The summed E-state index contributed by atoms with van der Waals surface area (Å²) in [7, 11) is 0. The third-order valence-electron chi connectivity index (χ3n) is 3.69. The van der Waals surface area contributed by atoms with Gasteiger partial charge in [-0.3, -0.25) is 0 Å². The van der Waals surface area contributed by atoms with Crippen LogP contribution in [-0.4, -0.2) is 41.2 Å². The van der Waals surface area contributed by atoms with Crippen molar-refractivity contribution in [2.24, 2.45) is 0 Å². The number of hydrogen-bond acceptors (Lipinski definition) is 5. The summed E-state index contributed by atoms with van der Waals surface area (Å²) in [6.45, 7) is 5.90. The number of benzene rings is 1. The highest BCUT2D eigenvalue weighted by molar-refractivity contribution is 6.00. The van der Waals surface area contributed by atoms with Crippen LogP contribution in [0.1, 0.15) is 24.2 Å². The average Bonchev–Trinajstić information content (AvgIpc) is 2.81. The molecule has 0 radical (unpaired) electrons. The first-order chi connectivity index (χ1) is 9.58. The van der Waals surface area contributed by atoms with Crippen molar-refractivity contribution >= 4 is 23.1 Å². The predicted octanol–water partition coefficient (Wildman–Crippen LogP) is 1.71. The molecule has 2 aromatic rings. The molecule has 2 N–H and O–H groups in total. The second-order valence-corrected chi connectivity index (χ2v) is 5.22. The fraction of sp³-hybridized carbons (Fsp3) is 0.429. The summed E-state index contributed by atoms with van der Waals surface area (Å²) >= 11 is 0. The Morgan fingerprint density at radius 3 is 2.75 bits per heavy atom. The number of carboxylic acids is 1. The molecular weight excluding hydrogens is 258 g/mol. The van der Waals surface area contributed by atoms with Gasteiger partial charge in [0.15, 0.2) is 5.58 Å². The van der Waals surface area contributed by atoms with Crippen LogP contribution in [0.5, 0.6) is 0 Å². The van der Waals surface area contributed by atoms with Crippen LogP contribution in [0.4, 0.5) is 6.01 Å². The molecule has 1 fully saturated rings. The zero-order valence-electron chi connectivity index (χ0n) is 11.5. The first-order valence-corrected chi connectivity index (χ1v) is 6.70. The minimum Gasteiger partial charge on any atom is -0.478 e. The van der Waals surface area contributed by atoms with E-state index < -0.39 is 5.97 Å². The van der Waals surface area contributed by atoms with Gasteiger partial charge in [-0.2, -0.15) is 4.98 Å². The number of piperazine rings is 1. The minimum absolute atomic E-state index is 0.174. The van der Waals surface area contributed by atoms with E-state index in [4.69, 9.17) is 4.42 Å². The van der Waals surface area contributed by atoms with Gasteiger partial charge in [0.2, 0.25) is 0 Å². The van der Waals surface area contributed by atoms with E-state index in [-0.39, 0.29) is 17.6 Å². The van der Waals surface area contributed by atoms with E-state index in [0.29, 0.717) is 17.1 Å². The Balaban J connectivity index is 2.08. The van der Waals surface area contributed by atoms with Crippen LogP contribution in [0.25, 0.3) is 11.1 Å². The van der Waals surface area contributed by atoms with Gasteiger partial charge in [0.1, 0.15) is 5.52 Å². The Hall–Kier alpha value is -2.08. The summed E-state index contributed by atoms with van der Waals surface area (Å²) in [5.41, 5.74) is 1.10. The molecule has 106 valence electrons. The third-order valence-corrected chi connectivity index (χ3v) is 3.69. The highest BCUT2D eigenvalue weighted by atomic mass is 16.4. The standard InChI is InChI=1S/C14H17N3O3/c1-8-6-15-7-9(2)17(8)14-16-12-10(13(18)19)4-3-5-11(12)20-14/h3-5,8-9,15H,6-7H2,1-2H3,(H,18,19). The molecule has 1 aliphatic rings. The minimum atomic E-state index is -0.989. The lowest BCUT2D eigenvalue weighted by molar-refractivity contribution is 0.0699. The molecule has 6 heteroatoms. The average molecular weight is 275 g/mol. The van der Waals surface area contributed by atoms with Gasteiger partial charge in [-0.05, 0) is 26.0 Å². The molecule has 0 saturated carbocycles. The van der Waals surface area contributed by atoms with Crippen LogP contribution in [-0.2, 0) is 0 Å². The molecule has 3 rings (SSSR count). The number of hydrogen-bond donors (Lipinski definition) is 2. The van der Waals surface area contributed by atoms with Gasteiger partial charge in [0.05, 0.1) is 5.56 Å². The molecule has 20 heavy (non-hydrogen) atoms. The number of oxazole rings is 1. The lowest BCUT2D eigenvalue weighted by Gasteiger charge is -2.38. The van der Waals surface area contributed by atoms with Crippen LogP contribution < -0.4 is 10.2 Å². The fourth-order valence-electron chi connectivity index (χ4n) is 2.73. The van der Waals surface area contributed by atoms with Crippen molar-refractivity contribution in [3.8, 4) is 0 Å². The maximum Gasteiger partial charge on any atom is 0.338 e. The molecule has 0 bridgehead atoms. The van der Waals surface area contributed by atoms with E-state index in [1.54, 1.807) is 18.2 Å². The highest BCUT2D eigenvalue weighted by Gasteiger charge is 2.29. The normalized spacial score (nSPS) is 23.2. The summed E-state index contributed by atoms with van der Waals surface area (Å²) in [4.78, 5) is 17.7. The van der Waals surface area contributed by atoms with Gasteiger partial charge in [-0.25, -0.2) is 4.79 Å². The summed E-state index contributed by atoms with van der Waals surface area (Å²) in [5.74, 6) is -0.989. The molecule has 2 heterocycles. The van der Waals surface area contributed by atoms with Crippen LogP contribution in [0.15, 0.2) is 22.6 Å². The lowest BCUT2D eigenvalue weighted by Crippen LogP contribution is -2.55. The van der Waals surface area contributed by atoms with Crippen molar-refractivity contribution in [1.82, 2.24) is 10.3 Å². The fourth-order valence-corrected chi connectivity index (χ4v) is 2.73. The SMILES string of the molecule is CC1CNCC(C)N1c1nc2c(C(=O)O)cccc2o1. The molecule has 0 aliphatic carbocycles. The molecule has 1 saturated heterocycles. The zero-order chi connectivity index (χ0) is 14.3. The van der Waals surface area contributed by atoms with E-state index in [0.717, 1.165) is 13.1 Å². The van der Waals surface area contributed by atoms with Crippen molar-refractivity contribution in [3.05, 3.63) is 23.8 Å². The molecule has 1 aliphatic heterocycles. The Morgan fingerprint density at radius 1 is 1.40 bits per heavy atom. The number of para-hydroxylation sites is 1. The van der Waals surface area contributed by atoms with Gasteiger partial charge < -0.3 is 19.7 Å². The van der Waals surface area contributed by atoms with Crippen molar-refractivity contribution in [1.29, 1.82) is 0 Å². The molecule has 0 amide bonds.